The van der Waals surface area contributed by atoms with Gasteiger partial charge in [0.15, 0.2) is 0 Å². The molecule has 0 aliphatic heterocycles. The van der Waals surface area contributed by atoms with Crippen LogP contribution in [0.3, 0.4) is 0 Å². The summed E-state index contributed by atoms with van der Waals surface area (Å²) in [6, 6.07) is 4.52. The van der Waals surface area contributed by atoms with Crippen LogP contribution in [0.25, 0.3) is 0 Å². The Morgan fingerprint density at radius 3 is 2.59 bits per heavy atom. The highest BCUT2D eigenvalue weighted by molar-refractivity contribution is 5.29. The van der Waals surface area contributed by atoms with Gasteiger partial charge in [0.1, 0.15) is 5.82 Å². The van der Waals surface area contributed by atoms with Gasteiger partial charge in [-0.05, 0) is 38.4 Å². The van der Waals surface area contributed by atoms with Crippen LogP contribution in [0.15, 0.2) is 18.3 Å². The van der Waals surface area contributed by atoms with Gasteiger partial charge in [-0.3, -0.25) is 4.90 Å². The molecule has 0 amide bonds. The van der Waals surface area contributed by atoms with Gasteiger partial charge in [-0.15, -0.1) is 0 Å². The number of nitrogens with zero attached hydrogens (tertiary/aromatic N) is 2. The predicted molar refractivity (Wildman–Crippen MR) is 73.7 cm³/mol. The number of nitrogens with two attached hydrogens (primary N) is 1. The number of hydrogen-bond donors (Lipinski definition) is 1. The summed E-state index contributed by atoms with van der Waals surface area (Å²) >= 11 is 0. The molecule has 0 unspecified atom stereocenters. The van der Waals surface area contributed by atoms with E-state index in [1.165, 1.54) is 24.8 Å². The lowest BCUT2D eigenvalue weighted by Gasteiger charge is -2.26. The summed E-state index contributed by atoms with van der Waals surface area (Å²) in [6.07, 6.45) is 5.74. The Bertz CT molecular complexity index is 306. The van der Waals surface area contributed by atoms with Crippen molar-refractivity contribution in [1.29, 1.82) is 0 Å². The largest absolute Gasteiger partial charge is 0.384 e. The fourth-order valence-corrected chi connectivity index (χ4v) is 1.85. The standard InChI is InChI=1S/C14H25N3/c1-4-5-6-9-17(12(2)3)11-13-7-8-14(15)16-10-13/h7-8,10,12H,4-6,9,11H2,1-3H3,(H2,15,16). The maximum atomic E-state index is 5.59. The lowest BCUT2D eigenvalue weighted by molar-refractivity contribution is 0.208. The van der Waals surface area contributed by atoms with Gasteiger partial charge in [0.05, 0.1) is 0 Å². The summed E-state index contributed by atoms with van der Waals surface area (Å²) in [5.41, 5.74) is 6.83. The van der Waals surface area contributed by atoms with Crippen molar-refractivity contribution in [2.75, 3.05) is 12.3 Å². The second-order valence-electron chi connectivity index (χ2n) is 4.86. The summed E-state index contributed by atoms with van der Waals surface area (Å²) in [5, 5.41) is 0. The maximum Gasteiger partial charge on any atom is 0.123 e. The molecule has 1 aromatic rings. The highest BCUT2D eigenvalue weighted by atomic mass is 15.1. The molecule has 0 bridgehead atoms. The van der Waals surface area contributed by atoms with E-state index >= 15 is 0 Å². The molecule has 1 aromatic heterocycles. The van der Waals surface area contributed by atoms with Crippen molar-refractivity contribution in [3.63, 3.8) is 0 Å². The third kappa shape index (κ3) is 5.18. The first-order chi connectivity index (χ1) is 8.13. The van der Waals surface area contributed by atoms with E-state index < -0.39 is 0 Å². The van der Waals surface area contributed by atoms with Crippen LogP contribution >= 0.6 is 0 Å². The van der Waals surface area contributed by atoms with Crippen LogP contribution in [-0.2, 0) is 6.54 Å². The molecule has 0 aliphatic carbocycles. The topological polar surface area (TPSA) is 42.1 Å². The first kappa shape index (κ1) is 14.0. The lowest BCUT2D eigenvalue weighted by atomic mass is 10.2. The van der Waals surface area contributed by atoms with Gasteiger partial charge < -0.3 is 5.73 Å². The Hall–Kier alpha value is -1.09. The van der Waals surface area contributed by atoms with Gasteiger partial charge in [-0.1, -0.05) is 25.8 Å². The molecule has 3 heteroatoms. The fraction of sp³-hybridized carbons (Fsp3) is 0.643. The molecule has 0 radical (unpaired) electrons. The highest BCUT2D eigenvalue weighted by Gasteiger charge is 2.09. The van der Waals surface area contributed by atoms with Crippen LogP contribution in [-0.4, -0.2) is 22.5 Å². The van der Waals surface area contributed by atoms with E-state index in [2.05, 4.69) is 36.7 Å². The van der Waals surface area contributed by atoms with Crippen molar-refractivity contribution in [1.82, 2.24) is 9.88 Å². The molecule has 0 saturated heterocycles. The number of hydrogen-bond acceptors (Lipinski definition) is 3. The van der Waals surface area contributed by atoms with Crippen LogP contribution in [0.1, 0.15) is 45.6 Å². The molecule has 0 saturated carbocycles. The summed E-state index contributed by atoms with van der Waals surface area (Å²) < 4.78 is 0. The van der Waals surface area contributed by atoms with E-state index in [4.69, 9.17) is 5.73 Å². The van der Waals surface area contributed by atoms with Crippen LogP contribution < -0.4 is 5.73 Å². The number of anilines is 1. The zero-order chi connectivity index (χ0) is 12.7. The average Bonchev–Trinajstić information content (AvgIpc) is 2.30. The van der Waals surface area contributed by atoms with E-state index in [0.29, 0.717) is 11.9 Å². The van der Waals surface area contributed by atoms with Crippen molar-refractivity contribution in [2.45, 2.75) is 52.6 Å². The number of nitrogen functional groups attached to an aromatic ring is 1. The minimum atomic E-state index is 0.574. The molecule has 0 atom stereocenters. The summed E-state index contributed by atoms with van der Waals surface area (Å²) in [4.78, 5) is 6.63. The van der Waals surface area contributed by atoms with Crippen molar-refractivity contribution in [2.24, 2.45) is 0 Å². The van der Waals surface area contributed by atoms with E-state index in [-0.39, 0.29) is 0 Å². The lowest BCUT2D eigenvalue weighted by Crippen LogP contribution is -2.31. The molecule has 0 spiro atoms. The van der Waals surface area contributed by atoms with Crippen molar-refractivity contribution >= 4 is 5.82 Å². The Kier molecular flexibility index (Phi) is 5.98. The van der Waals surface area contributed by atoms with Gasteiger partial charge >= 0.3 is 0 Å². The van der Waals surface area contributed by atoms with Gasteiger partial charge in [0.25, 0.3) is 0 Å². The Morgan fingerprint density at radius 1 is 1.29 bits per heavy atom. The smallest absolute Gasteiger partial charge is 0.123 e. The first-order valence-corrected chi connectivity index (χ1v) is 6.58. The monoisotopic (exact) mass is 235 g/mol. The molecule has 0 fully saturated rings. The quantitative estimate of drug-likeness (QED) is 0.739. The van der Waals surface area contributed by atoms with Gasteiger partial charge in [-0.2, -0.15) is 0 Å². The van der Waals surface area contributed by atoms with E-state index in [1.807, 2.05) is 12.3 Å². The van der Waals surface area contributed by atoms with Crippen molar-refractivity contribution < 1.29 is 0 Å². The summed E-state index contributed by atoms with van der Waals surface area (Å²) in [7, 11) is 0. The number of unbranched alkanes of at least 4 members (excludes halogenated alkanes) is 2. The minimum Gasteiger partial charge on any atom is -0.384 e. The normalized spacial score (nSPS) is 11.4. The number of aromatic nitrogens is 1. The van der Waals surface area contributed by atoms with Gasteiger partial charge in [-0.25, -0.2) is 4.98 Å². The maximum absolute atomic E-state index is 5.59. The Morgan fingerprint density at radius 2 is 2.06 bits per heavy atom. The number of rotatable bonds is 7. The predicted octanol–water partition coefficient (Wildman–Crippen LogP) is 3.06. The Balaban J connectivity index is 2.51. The molecule has 1 heterocycles. The molecule has 3 nitrogen and oxygen atoms in total. The summed E-state index contributed by atoms with van der Waals surface area (Å²) in [5.74, 6) is 0.593. The fourth-order valence-electron chi connectivity index (χ4n) is 1.85. The van der Waals surface area contributed by atoms with Crippen molar-refractivity contribution in [3.8, 4) is 0 Å². The zero-order valence-corrected chi connectivity index (χ0v) is 11.3. The molecule has 96 valence electrons. The first-order valence-electron chi connectivity index (χ1n) is 6.58. The van der Waals surface area contributed by atoms with E-state index in [0.717, 1.165) is 13.1 Å². The minimum absolute atomic E-state index is 0.574. The van der Waals surface area contributed by atoms with E-state index in [1.54, 1.807) is 0 Å². The third-order valence-electron chi connectivity index (χ3n) is 3.01. The van der Waals surface area contributed by atoms with Crippen LogP contribution in [0, 0.1) is 0 Å². The molecule has 17 heavy (non-hydrogen) atoms. The van der Waals surface area contributed by atoms with Crippen LogP contribution in [0.2, 0.25) is 0 Å². The van der Waals surface area contributed by atoms with Crippen LogP contribution in [0.5, 0.6) is 0 Å². The number of pyridine rings is 1. The zero-order valence-electron chi connectivity index (χ0n) is 11.3. The molecular weight excluding hydrogens is 210 g/mol. The summed E-state index contributed by atoms with van der Waals surface area (Å²) in [6.45, 7) is 8.86. The van der Waals surface area contributed by atoms with E-state index in [9.17, 15) is 0 Å². The van der Waals surface area contributed by atoms with Crippen LogP contribution in [0.4, 0.5) is 5.82 Å². The molecule has 2 N–H and O–H groups in total. The van der Waals surface area contributed by atoms with Crippen molar-refractivity contribution in [3.05, 3.63) is 23.9 Å². The second-order valence-corrected chi connectivity index (χ2v) is 4.86. The SMILES string of the molecule is CCCCCN(Cc1ccc(N)nc1)C(C)C. The molecule has 0 aromatic carbocycles. The molecule has 1 rings (SSSR count). The average molecular weight is 235 g/mol. The second kappa shape index (κ2) is 7.28. The highest BCUT2D eigenvalue weighted by Crippen LogP contribution is 2.10. The Labute approximate surface area is 105 Å². The third-order valence-corrected chi connectivity index (χ3v) is 3.01. The molecular formula is C14H25N3. The molecule has 0 aliphatic rings. The van der Waals surface area contributed by atoms with Gasteiger partial charge in [0, 0.05) is 18.8 Å². The van der Waals surface area contributed by atoms with Gasteiger partial charge in [0.2, 0.25) is 0 Å².